The lowest BCUT2D eigenvalue weighted by molar-refractivity contribution is 0.0977. The van der Waals surface area contributed by atoms with E-state index < -0.39 is 0 Å². The average molecular weight is 372 g/mol. The summed E-state index contributed by atoms with van der Waals surface area (Å²) in [6.45, 7) is 6.45. The zero-order valence-electron chi connectivity index (χ0n) is 16.4. The minimum atomic E-state index is -0.203. The van der Waals surface area contributed by atoms with Crippen molar-refractivity contribution in [2.45, 2.75) is 27.3 Å². The van der Waals surface area contributed by atoms with Crippen molar-refractivity contribution >= 4 is 17.6 Å². The van der Waals surface area contributed by atoms with Crippen LogP contribution < -0.4 is 10.6 Å². The predicted molar refractivity (Wildman–Crippen MR) is 114 cm³/mol. The molecule has 28 heavy (non-hydrogen) atoms. The predicted octanol–water partition coefficient (Wildman–Crippen LogP) is 4.40. The van der Waals surface area contributed by atoms with Gasteiger partial charge in [-0.15, -0.1) is 0 Å². The normalized spacial score (nSPS) is 11.2. The summed E-state index contributed by atoms with van der Waals surface area (Å²) in [5.74, 6) is 0.200. The molecule has 0 aliphatic carbocycles. The number of amides is 1. The van der Waals surface area contributed by atoms with Crippen molar-refractivity contribution < 1.29 is 4.79 Å². The van der Waals surface area contributed by atoms with E-state index in [-0.39, 0.29) is 5.91 Å². The van der Waals surface area contributed by atoms with Gasteiger partial charge in [0.15, 0.2) is 0 Å². The molecule has 2 N–H and O–H groups in total. The zero-order valence-corrected chi connectivity index (χ0v) is 16.4. The van der Waals surface area contributed by atoms with Crippen LogP contribution in [0.5, 0.6) is 0 Å². The van der Waals surface area contributed by atoms with Crippen molar-refractivity contribution in [3.8, 4) is 0 Å². The molecule has 0 aliphatic rings. The number of nitrogens with zero attached hydrogens (tertiary/aromatic N) is 2. The van der Waals surface area contributed by atoms with Crippen molar-refractivity contribution in [2.75, 3.05) is 5.32 Å². The Morgan fingerprint density at radius 2 is 1.75 bits per heavy atom. The van der Waals surface area contributed by atoms with E-state index >= 15 is 0 Å². The lowest BCUT2D eigenvalue weighted by Gasteiger charge is -2.13. The number of aromatic nitrogens is 1. The molecule has 5 heteroatoms. The first-order valence-electron chi connectivity index (χ1n) is 9.16. The lowest BCUT2D eigenvalue weighted by atomic mass is 10.1. The molecule has 0 spiro atoms. The van der Waals surface area contributed by atoms with Gasteiger partial charge in [-0.05, 0) is 67.8 Å². The summed E-state index contributed by atoms with van der Waals surface area (Å²) in [5.41, 5.74) is 5.75. The molecule has 0 bridgehead atoms. The van der Waals surface area contributed by atoms with E-state index in [0.29, 0.717) is 18.1 Å². The third kappa shape index (κ3) is 5.51. The molecule has 0 fully saturated rings. The highest BCUT2D eigenvalue weighted by Crippen LogP contribution is 2.14. The second kappa shape index (κ2) is 8.95. The summed E-state index contributed by atoms with van der Waals surface area (Å²) in [4.78, 5) is 21.4. The van der Waals surface area contributed by atoms with Gasteiger partial charge in [0.2, 0.25) is 5.96 Å². The van der Waals surface area contributed by atoms with Crippen molar-refractivity contribution in [3.63, 3.8) is 0 Å². The molecule has 1 amide bonds. The molecule has 0 unspecified atom stereocenters. The van der Waals surface area contributed by atoms with Gasteiger partial charge in [-0.25, -0.2) is 4.99 Å². The maximum atomic E-state index is 12.7. The van der Waals surface area contributed by atoms with Crippen LogP contribution in [0.2, 0.25) is 0 Å². The van der Waals surface area contributed by atoms with Crippen LogP contribution in [0.25, 0.3) is 0 Å². The van der Waals surface area contributed by atoms with Gasteiger partial charge in [-0.2, -0.15) is 0 Å². The number of pyridine rings is 1. The van der Waals surface area contributed by atoms with Gasteiger partial charge in [-0.1, -0.05) is 29.8 Å². The van der Waals surface area contributed by atoms with E-state index in [4.69, 9.17) is 0 Å². The number of rotatable bonds is 4. The minimum Gasteiger partial charge on any atom is -0.326 e. The maximum Gasteiger partial charge on any atom is 0.257 e. The van der Waals surface area contributed by atoms with Gasteiger partial charge < -0.3 is 5.32 Å². The smallest absolute Gasteiger partial charge is 0.257 e. The van der Waals surface area contributed by atoms with Crippen LogP contribution in [0.15, 0.2) is 72.0 Å². The number of hydrogen-bond acceptors (Lipinski definition) is 3. The third-order valence-electron chi connectivity index (χ3n) is 4.14. The first-order chi connectivity index (χ1) is 13.5. The quantitative estimate of drug-likeness (QED) is 0.527. The summed E-state index contributed by atoms with van der Waals surface area (Å²) < 4.78 is 0. The van der Waals surface area contributed by atoms with Crippen LogP contribution in [0.3, 0.4) is 0 Å². The average Bonchev–Trinajstić information content (AvgIpc) is 2.66. The van der Waals surface area contributed by atoms with E-state index in [9.17, 15) is 4.79 Å². The third-order valence-corrected chi connectivity index (χ3v) is 4.14. The Morgan fingerprint density at radius 1 is 0.964 bits per heavy atom. The van der Waals surface area contributed by atoms with E-state index in [2.05, 4.69) is 26.7 Å². The molecular formula is C23H24N4O. The van der Waals surface area contributed by atoms with Crippen LogP contribution in [0, 0.1) is 20.8 Å². The largest absolute Gasteiger partial charge is 0.326 e. The van der Waals surface area contributed by atoms with Crippen molar-refractivity contribution in [2.24, 2.45) is 4.99 Å². The minimum absolute atomic E-state index is 0.203. The molecule has 0 saturated carbocycles. The zero-order chi connectivity index (χ0) is 19.9. The standard InChI is InChI=1S/C23H24N4O/c1-16-6-4-8-20(11-16)22(28)27-23(25-15-19-7-5-9-24-14-19)26-21-12-17(2)10-18(3)13-21/h4-14H,15H2,1-3H3,(H2,25,26,27,28). The van der Waals surface area contributed by atoms with Gasteiger partial charge in [0.1, 0.15) is 0 Å². The molecule has 5 nitrogen and oxygen atoms in total. The number of anilines is 1. The van der Waals surface area contributed by atoms with Crippen LogP contribution in [-0.2, 0) is 6.54 Å². The van der Waals surface area contributed by atoms with Gasteiger partial charge in [0, 0.05) is 23.6 Å². The first kappa shape index (κ1) is 19.3. The lowest BCUT2D eigenvalue weighted by Crippen LogP contribution is -2.36. The Kier molecular flexibility index (Phi) is 6.17. The Bertz CT molecular complexity index is 976. The molecule has 2 aromatic carbocycles. The summed E-state index contributed by atoms with van der Waals surface area (Å²) in [6.07, 6.45) is 3.49. The summed E-state index contributed by atoms with van der Waals surface area (Å²) >= 11 is 0. The molecule has 142 valence electrons. The number of benzene rings is 2. The van der Waals surface area contributed by atoms with E-state index in [1.165, 1.54) is 0 Å². The van der Waals surface area contributed by atoms with Gasteiger partial charge >= 0.3 is 0 Å². The number of carbonyl (C=O) groups excluding carboxylic acids is 1. The fraction of sp³-hybridized carbons (Fsp3) is 0.174. The topological polar surface area (TPSA) is 66.4 Å². The molecule has 3 rings (SSSR count). The Morgan fingerprint density at radius 3 is 2.43 bits per heavy atom. The van der Waals surface area contributed by atoms with Crippen molar-refractivity contribution in [1.82, 2.24) is 10.3 Å². The van der Waals surface area contributed by atoms with Gasteiger partial charge in [0.25, 0.3) is 5.91 Å². The molecule has 0 atom stereocenters. The fourth-order valence-electron chi connectivity index (χ4n) is 2.92. The molecule has 1 heterocycles. The van der Waals surface area contributed by atoms with Crippen LogP contribution >= 0.6 is 0 Å². The first-order valence-corrected chi connectivity index (χ1v) is 9.16. The van der Waals surface area contributed by atoms with Crippen LogP contribution in [0.4, 0.5) is 5.69 Å². The number of carbonyl (C=O) groups is 1. The second-order valence-corrected chi connectivity index (χ2v) is 6.85. The number of hydrogen-bond donors (Lipinski definition) is 2. The summed E-state index contributed by atoms with van der Waals surface area (Å²) in [6, 6.07) is 17.4. The highest BCUT2D eigenvalue weighted by molar-refractivity contribution is 6.10. The monoisotopic (exact) mass is 372 g/mol. The van der Waals surface area contributed by atoms with Gasteiger partial charge in [0.05, 0.1) is 6.54 Å². The fourth-order valence-corrected chi connectivity index (χ4v) is 2.92. The van der Waals surface area contributed by atoms with E-state index in [0.717, 1.165) is 27.9 Å². The Balaban J connectivity index is 1.83. The SMILES string of the molecule is Cc1cc(C)cc(NC(=NCc2cccnc2)NC(=O)c2cccc(C)c2)c1. The molecule has 3 aromatic rings. The highest BCUT2D eigenvalue weighted by Gasteiger charge is 2.10. The second-order valence-electron chi connectivity index (χ2n) is 6.85. The van der Waals surface area contributed by atoms with E-state index in [1.54, 1.807) is 18.5 Å². The molecule has 1 aromatic heterocycles. The van der Waals surface area contributed by atoms with Crippen LogP contribution in [0.1, 0.15) is 32.6 Å². The van der Waals surface area contributed by atoms with Crippen molar-refractivity contribution in [3.05, 3.63) is 94.8 Å². The number of aryl methyl sites for hydroxylation is 3. The molecule has 0 saturated heterocycles. The van der Waals surface area contributed by atoms with E-state index in [1.807, 2.05) is 63.2 Å². The van der Waals surface area contributed by atoms with Gasteiger partial charge in [-0.3, -0.25) is 15.1 Å². The summed E-state index contributed by atoms with van der Waals surface area (Å²) in [5, 5.41) is 6.14. The number of guanidine groups is 1. The van der Waals surface area contributed by atoms with Crippen molar-refractivity contribution in [1.29, 1.82) is 0 Å². The highest BCUT2D eigenvalue weighted by atomic mass is 16.1. The maximum absolute atomic E-state index is 12.7. The molecule has 0 radical (unpaired) electrons. The Labute approximate surface area is 165 Å². The number of aliphatic imine (C=N–C) groups is 1. The summed E-state index contributed by atoms with van der Waals surface area (Å²) in [7, 11) is 0. The Hall–Kier alpha value is -3.47. The molecule has 0 aliphatic heterocycles. The van der Waals surface area contributed by atoms with Crippen LogP contribution in [-0.4, -0.2) is 16.9 Å². The molecular weight excluding hydrogens is 348 g/mol. The number of nitrogens with one attached hydrogen (secondary N) is 2.